The second kappa shape index (κ2) is 7.06. The topological polar surface area (TPSA) is 58.0 Å². The molecule has 0 bridgehead atoms. The number of hydrogen-bond donors (Lipinski definition) is 2. The smallest absolute Gasteiger partial charge is 0.138 e. The van der Waals surface area contributed by atoms with Gasteiger partial charge in [0.05, 0.1) is 11.5 Å². The van der Waals surface area contributed by atoms with E-state index in [9.17, 15) is 5.11 Å². The van der Waals surface area contributed by atoms with Crippen molar-refractivity contribution in [3.05, 3.63) is 42.7 Å². The summed E-state index contributed by atoms with van der Waals surface area (Å²) < 4.78 is 0. The SMILES string of the molecule is CC(C)C[C@H](O)CNc1ncnc2sc(-c3ccccc3)cc12. The first-order valence-corrected chi connectivity index (χ1v) is 8.67. The Kier molecular flexibility index (Phi) is 4.88. The van der Waals surface area contributed by atoms with Crippen LogP contribution >= 0.6 is 11.3 Å². The van der Waals surface area contributed by atoms with E-state index in [0.717, 1.165) is 22.5 Å². The molecule has 2 N–H and O–H groups in total. The maximum absolute atomic E-state index is 10.0. The third-order valence-electron chi connectivity index (χ3n) is 3.64. The predicted octanol–water partition coefficient (Wildman–Crippen LogP) is 4.18. The molecular formula is C18H21N3OS. The third-order valence-corrected chi connectivity index (χ3v) is 4.73. The zero-order chi connectivity index (χ0) is 16.2. The van der Waals surface area contributed by atoms with E-state index < -0.39 is 0 Å². The minimum atomic E-state index is -0.368. The van der Waals surface area contributed by atoms with Gasteiger partial charge in [-0.25, -0.2) is 9.97 Å². The Morgan fingerprint density at radius 1 is 1.17 bits per heavy atom. The second-order valence-corrected chi connectivity index (χ2v) is 7.11. The first-order valence-electron chi connectivity index (χ1n) is 7.85. The lowest BCUT2D eigenvalue weighted by Gasteiger charge is -2.14. The first-order chi connectivity index (χ1) is 11.1. The Morgan fingerprint density at radius 3 is 2.70 bits per heavy atom. The maximum Gasteiger partial charge on any atom is 0.138 e. The highest BCUT2D eigenvalue weighted by molar-refractivity contribution is 7.21. The van der Waals surface area contributed by atoms with Gasteiger partial charge in [-0.2, -0.15) is 0 Å². The van der Waals surface area contributed by atoms with Gasteiger partial charge in [-0.3, -0.25) is 0 Å². The molecule has 23 heavy (non-hydrogen) atoms. The van der Waals surface area contributed by atoms with Crippen molar-refractivity contribution in [2.75, 3.05) is 11.9 Å². The molecule has 2 heterocycles. The predicted molar refractivity (Wildman–Crippen MR) is 96.8 cm³/mol. The van der Waals surface area contributed by atoms with Crippen LogP contribution in [0.1, 0.15) is 20.3 Å². The summed E-state index contributed by atoms with van der Waals surface area (Å²) in [6.07, 6.45) is 1.98. The molecule has 1 atom stereocenters. The summed E-state index contributed by atoms with van der Waals surface area (Å²) in [6.45, 7) is 4.72. The van der Waals surface area contributed by atoms with E-state index in [4.69, 9.17) is 0 Å². The van der Waals surface area contributed by atoms with Crippen molar-refractivity contribution in [2.45, 2.75) is 26.4 Å². The van der Waals surface area contributed by atoms with E-state index in [1.165, 1.54) is 10.4 Å². The molecule has 1 aromatic carbocycles. The van der Waals surface area contributed by atoms with Gasteiger partial charge in [-0.15, -0.1) is 11.3 Å². The summed E-state index contributed by atoms with van der Waals surface area (Å²) in [5, 5.41) is 14.3. The summed E-state index contributed by atoms with van der Waals surface area (Å²) in [4.78, 5) is 10.8. The number of nitrogens with one attached hydrogen (secondary N) is 1. The largest absolute Gasteiger partial charge is 0.391 e. The van der Waals surface area contributed by atoms with Crippen molar-refractivity contribution in [1.29, 1.82) is 0 Å². The van der Waals surface area contributed by atoms with Gasteiger partial charge < -0.3 is 10.4 Å². The summed E-state index contributed by atoms with van der Waals surface area (Å²) in [5.41, 5.74) is 1.18. The van der Waals surface area contributed by atoms with Crippen molar-refractivity contribution < 1.29 is 5.11 Å². The maximum atomic E-state index is 10.0. The number of nitrogens with zero attached hydrogens (tertiary/aromatic N) is 2. The highest BCUT2D eigenvalue weighted by Crippen LogP contribution is 2.34. The fourth-order valence-corrected chi connectivity index (χ4v) is 3.59. The van der Waals surface area contributed by atoms with Crippen molar-refractivity contribution in [1.82, 2.24) is 9.97 Å². The number of aliphatic hydroxyl groups is 1. The van der Waals surface area contributed by atoms with Crippen LogP contribution in [0.4, 0.5) is 5.82 Å². The lowest BCUT2D eigenvalue weighted by Crippen LogP contribution is -2.21. The lowest BCUT2D eigenvalue weighted by molar-refractivity contribution is 0.161. The highest BCUT2D eigenvalue weighted by atomic mass is 32.1. The molecule has 3 rings (SSSR count). The van der Waals surface area contributed by atoms with E-state index >= 15 is 0 Å². The van der Waals surface area contributed by atoms with Crippen LogP contribution in [0.15, 0.2) is 42.7 Å². The van der Waals surface area contributed by atoms with Crippen LogP contribution < -0.4 is 5.32 Å². The molecule has 0 aliphatic rings. The fourth-order valence-electron chi connectivity index (χ4n) is 2.58. The van der Waals surface area contributed by atoms with Crippen LogP contribution in [0.3, 0.4) is 0 Å². The molecule has 120 valence electrons. The summed E-state index contributed by atoms with van der Waals surface area (Å²) in [5.74, 6) is 1.26. The van der Waals surface area contributed by atoms with Crippen molar-refractivity contribution in [2.24, 2.45) is 5.92 Å². The Bertz CT molecular complexity index is 770. The number of thiophene rings is 1. The molecule has 2 aromatic heterocycles. The molecule has 5 heteroatoms. The Hall–Kier alpha value is -1.98. The van der Waals surface area contributed by atoms with Gasteiger partial charge in [-0.1, -0.05) is 44.2 Å². The molecular weight excluding hydrogens is 306 g/mol. The van der Waals surface area contributed by atoms with Crippen molar-refractivity contribution >= 4 is 27.4 Å². The second-order valence-electron chi connectivity index (χ2n) is 6.08. The summed E-state index contributed by atoms with van der Waals surface area (Å²) in [6, 6.07) is 12.4. The van der Waals surface area contributed by atoms with E-state index in [1.54, 1.807) is 17.7 Å². The summed E-state index contributed by atoms with van der Waals surface area (Å²) >= 11 is 1.66. The number of benzene rings is 1. The average Bonchev–Trinajstić information content (AvgIpc) is 2.98. The molecule has 0 unspecified atom stereocenters. The van der Waals surface area contributed by atoms with E-state index in [0.29, 0.717) is 12.5 Å². The molecule has 0 amide bonds. The lowest BCUT2D eigenvalue weighted by atomic mass is 10.1. The molecule has 0 saturated heterocycles. The molecule has 0 aliphatic heterocycles. The van der Waals surface area contributed by atoms with E-state index in [1.807, 2.05) is 18.2 Å². The first kappa shape index (κ1) is 15.9. The fraction of sp³-hybridized carbons (Fsp3) is 0.333. The number of hydrogen-bond acceptors (Lipinski definition) is 5. The minimum absolute atomic E-state index is 0.368. The van der Waals surface area contributed by atoms with Crippen LogP contribution in [-0.4, -0.2) is 27.7 Å². The zero-order valence-electron chi connectivity index (χ0n) is 13.4. The normalized spacial score (nSPS) is 12.7. The van der Waals surface area contributed by atoms with Crippen LogP contribution in [0.25, 0.3) is 20.7 Å². The van der Waals surface area contributed by atoms with Gasteiger partial charge in [0.1, 0.15) is 17.0 Å². The quantitative estimate of drug-likeness (QED) is 0.713. The molecule has 4 nitrogen and oxygen atoms in total. The Labute approximate surface area is 140 Å². The molecule has 3 aromatic rings. The number of aromatic nitrogens is 2. The number of aliphatic hydroxyl groups excluding tert-OH is 1. The van der Waals surface area contributed by atoms with Gasteiger partial charge in [0.2, 0.25) is 0 Å². The molecule has 0 fully saturated rings. The van der Waals surface area contributed by atoms with E-state index in [2.05, 4.69) is 47.3 Å². The van der Waals surface area contributed by atoms with Gasteiger partial charge in [-0.05, 0) is 24.0 Å². The Morgan fingerprint density at radius 2 is 1.96 bits per heavy atom. The minimum Gasteiger partial charge on any atom is -0.391 e. The van der Waals surface area contributed by atoms with Gasteiger partial charge in [0.15, 0.2) is 0 Å². The highest BCUT2D eigenvalue weighted by Gasteiger charge is 2.12. The van der Waals surface area contributed by atoms with Crippen LogP contribution in [-0.2, 0) is 0 Å². The molecule has 0 saturated carbocycles. The Balaban J connectivity index is 1.83. The zero-order valence-corrected chi connectivity index (χ0v) is 14.2. The van der Waals surface area contributed by atoms with Gasteiger partial charge in [0.25, 0.3) is 0 Å². The van der Waals surface area contributed by atoms with Crippen LogP contribution in [0.5, 0.6) is 0 Å². The van der Waals surface area contributed by atoms with Crippen molar-refractivity contribution in [3.8, 4) is 10.4 Å². The standard InChI is InChI=1S/C18H21N3OS/c1-12(2)8-14(22)10-19-17-15-9-16(13-6-4-3-5-7-13)23-18(15)21-11-20-17/h3-7,9,11-12,14,22H,8,10H2,1-2H3,(H,19,20,21)/t14-/m0/s1. The van der Waals surface area contributed by atoms with Crippen LogP contribution in [0, 0.1) is 5.92 Å². The molecule has 0 radical (unpaired) electrons. The van der Waals surface area contributed by atoms with Crippen molar-refractivity contribution in [3.63, 3.8) is 0 Å². The number of rotatable bonds is 6. The average molecular weight is 327 g/mol. The van der Waals surface area contributed by atoms with E-state index in [-0.39, 0.29) is 6.10 Å². The number of anilines is 1. The van der Waals surface area contributed by atoms with Gasteiger partial charge in [0, 0.05) is 11.4 Å². The molecule has 0 spiro atoms. The monoisotopic (exact) mass is 327 g/mol. The van der Waals surface area contributed by atoms with Crippen LogP contribution in [0.2, 0.25) is 0 Å². The number of fused-ring (bicyclic) bond motifs is 1. The molecule has 0 aliphatic carbocycles. The summed E-state index contributed by atoms with van der Waals surface area (Å²) in [7, 11) is 0. The third kappa shape index (κ3) is 3.86. The van der Waals surface area contributed by atoms with Gasteiger partial charge >= 0.3 is 0 Å².